The molecular formula is C26H21FN4O2. The van der Waals surface area contributed by atoms with Gasteiger partial charge in [0.25, 0.3) is 0 Å². The summed E-state index contributed by atoms with van der Waals surface area (Å²) in [5.41, 5.74) is 3.34. The number of halogens is 1. The molecule has 0 aliphatic rings. The average Bonchev–Trinajstić information content (AvgIpc) is 3.20. The molecule has 0 saturated heterocycles. The predicted molar refractivity (Wildman–Crippen MR) is 127 cm³/mol. The molecular weight excluding hydrogens is 419 g/mol. The molecule has 0 fully saturated rings. The summed E-state index contributed by atoms with van der Waals surface area (Å²) in [6.45, 7) is 2.45. The number of nitrogens with zero attached hydrogens (tertiary/aromatic N) is 3. The monoisotopic (exact) mass is 440 g/mol. The number of carbonyl (C=O) groups excluding carboxylic acids is 1. The molecule has 0 aliphatic carbocycles. The molecule has 2 aromatic heterocycles. The van der Waals surface area contributed by atoms with E-state index in [1.54, 1.807) is 23.0 Å². The average molecular weight is 440 g/mol. The molecule has 0 aliphatic heterocycles. The molecule has 6 nitrogen and oxygen atoms in total. The Kier molecular flexibility index (Phi) is 5.44. The summed E-state index contributed by atoms with van der Waals surface area (Å²) in [5.74, 6) is -0.0811. The van der Waals surface area contributed by atoms with Crippen LogP contribution in [0.3, 0.4) is 0 Å². The molecule has 0 bridgehead atoms. The van der Waals surface area contributed by atoms with Crippen LogP contribution in [-0.4, -0.2) is 27.3 Å². The first-order valence-corrected chi connectivity index (χ1v) is 10.7. The summed E-state index contributed by atoms with van der Waals surface area (Å²) < 4.78 is 21.2. The summed E-state index contributed by atoms with van der Waals surface area (Å²) in [6, 6.07) is 21.5. The lowest BCUT2D eigenvalue weighted by Crippen LogP contribution is -2.20. The molecule has 1 amide bonds. The zero-order chi connectivity index (χ0) is 22.8. The smallest absolute Gasteiger partial charge is 0.246 e. The van der Waals surface area contributed by atoms with Gasteiger partial charge >= 0.3 is 0 Å². The minimum atomic E-state index is -0.485. The molecule has 0 radical (unpaired) electrons. The zero-order valence-electron chi connectivity index (χ0n) is 18.0. The summed E-state index contributed by atoms with van der Waals surface area (Å²) in [5, 5.41) is 9.12. The number of hydrogen-bond acceptors (Lipinski definition) is 4. The molecule has 7 heteroatoms. The number of ether oxygens (including phenoxy) is 1. The summed E-state index contributed by atoms with van der Waals surface area (Å²) in [4.78, 5) is 17.4. The molecule has 164 valence electrons. The first-order chi connectivity index (χ1) is 16.1. The van der Waals surface area contributed by atoms with E-state index < -0.39 is 5.82 Å². The van der Waals surface area contributed by atoms with E-state index in [9.17, 15) is 9.18 Å². The van der Waals surface area contributed by atoms with Crippen LogP contribution in [0.2, 0.25) is 0 Å². The number of amides is 1. The van der Waals surface area contributed by atoms with Crippen molar-refractivity contribution in [3.8, 4) is 17.0 Å². The molecule has 0 atom stereocenters. The Morgan fingerprint density at radius 1 is 1.00 bits per heavy atom. The van der Waals surface area contributed by atoms with Crippen LogP contribution >= 0.6 is 0 Å². The van der Waals surface area contributed by atoms with Gasteiger partial charge in [0, 0.05) is 22.5 Å². The van der Waals surface area contributed by atoms with E-state index in [4.69, 9.17) is 9.84 Å². The molecule has 3 aromatic carbocycles. The molecule has 2 heterocycles. The van der Waals surface area contributed by atoms with Crippen LogP contribution < -0.4 is 10.1 Å². The lowest BCUT2D eigenvalue weighted by Gasteiger charge is -2.08. The summed E-state index contributed by atoms with van der Waals surface area (Å²) in [6.07, 6.45) is 1.78. The Morgan fingerprint density at radius 2 is 1.76 bits per heavy atom. The molecule has 0 unspecified atom stereocenters. The molecule has 33 heavy (non-hydrogen) atoms. The second kappa shape index (κ2) is 8.70. The Hall–Kier alpha value is -4.26. The van der Waals surface area contributed by atoms with Crippen molar-refractivity contribution in [1.82, 2.24) is 14.8 Å². The zero-order valence-corrected chi connectivity index (χ0v) is 18.0. The number of nitrogens with one attached hydrogen (secondary N) is 1. The van der Waals surface area contributed by atoms with E-state index >= 15 is 0 Å². The Labute approximate surface area is 189 Å². The van der Waals surface area contributed by atoms with Crippen molar-refractivity contribution in [3.05, 3.63) is 84.8 Å². The first kappa shape index (κ1) is 20.6. The lowest BCUT2D eigenvalue weighted by molar-refractivity contribution is -0.116. The van der Waals surface area contributed by atoms with Gasteiger partial charge in [-0.3, -0.25) is 14.5 Å². The van der Waals surface area contributed by atoms with Crippen molar-refractivity contribution in [2.24, 2.45) is 0 Å². The van der Waals surface area contributed by atoms with Gasteiger partial charge in [-0.25, -0.2) is 4.39 Å². The van der Waals surface area contributed by atoms with Gasteiger partial charge in [-0.05, 0) is 49.4 Å². The maximum absolute atomic E-state index is 14.0. The van der Waals surface area contributed by atoms with Crippen LogP contribution in [0.1, 0.15) is 6.92 Å². The maximum atomic E-state index is 14.0. The third-order valence-electron chi connectivity index (χ3n) is 5.36. The van der Waals surface area contributed by atoms with E-state index in [0.29, 0.717) is 12.3 Å². The lowest BCUT2D eigenvalue weighted by atomic mass is 10.1. The van der Waals surface area contributed by atoms with Gasteiger partial charge in [-0.1, -0.05) is 30.3 Å². The second-order valence-electron chi connectivity index (χ2n) is 7.53. The van der Waals surface area contributed by atoms with Crippen molar-refractivity contribution in [1.29, 1.82) is 0 Å². The van der Waals surface area contributed by atoms with E-state index in [-0.39, 0.29) is 18.1 Å². The van der Waals surface area contributed by atoms with E-state index in [0.717, 1.165) is 33.1 Å². The summed E-state index contributed by atoms with van der Waals surface area (Å²) >= 11 is 0. The molecule has 5 aromatic rings. The third-order valence-corrected chi connectivity index (χ3v) is 5.36. The standard InChI is InChI=1S/C26H21FN4O2/c1-2-33-18-13-11-17(12-14-18)25-20-15-28-22-9-5-3-7-19(22)26(20)31(30-25)16-24(32)29-23-10-6-4-8-21(23)27/h3-15H,2,16H2,1H3,(H,29,32). The highest BCUT2D eigenvalue weighted by molar-refractivity contribution is 6.08. The third kappa shape index (κ3) is 4.01. The first-order valence-electron chi connectivity index (χ1n) is 10.7. The van der Waals surface area contributed by atoms with E-state index in [1.165, 1.54) is 12.1 Å². The molecule has 0 saturated carbocycles. The van der Waals surface area contributed by atoms with Crippen LogP contribution in [-0.2, 0) is 11.3 Å². The number of anilines is 1. The van der Waals surface area contributed by atoms with Crippen molar-refractivity contribution in [2.75, 3.05) is 11.9 Å². The number of pyridine rings is 1. The van der Waals surface area contributed by atoms with Gasteiger partial charge in [0.15, 0.2) is 0 Å². The van der Waals surface area contributed by atoms with Gasteiger partial charge < -0.3 is 10.1 Å². The quantitative estimate of drug-likeness (QED) is 0.382. The SMILES string of the molecule is CCOc1ccc(-c2nn(CC(=O)Nc3ccccc3F)c3c2cnc2ccccc23)cc1. The number of rotatable bonds is 6. The topological polar surface area (TPSA) is 69.0 Å². The number of carbonyl (C=O) groups is 1. The van der Waals surface area contributed by atoms with Gasteiger partial charge in [0.05, 0.1) is 23.3 Å². The van der Waals surface area contributed by atoms with E-state index in [1.807, 2.05) is 55.5 Å². The van der Waals surface area contributed by atoms with Crippen LogP contribution in [0.5, 0.6) is 5.75 Å². The number of benzene rings is 3. The van der Waals surface area contributed by atoms with Crippen LogP contribution in [0.15, 0.2) is 79.0 Å². The fraction of sp³-hybridized carbons (Fsp3) is 0.115. The van der Waals surface area contributed by atoms with Gasteiger partial charge in [0.2, 0.25) is 5.91 Å². The highest BCUT2D eigenvalue weighted by Gasteiger charge is 2.18. The Morgan fingerprint density at radius 3 is 2.55 bits per heavy atom. The molecule has 0 spiro atoms. The number of aromatic nitrogens is 3. The summed E-state index contributed by atoms with van der Waals surface area (Å²) in [7, 11) is 0. The minimum Gasteiger partial charge on any atom is -0.494 e. The molecule has 1 N–H and O–H groups in total. The Bertz CT molecular complexity index is 1460. The second-order valence-corrected chi connectivity index (χ2v) is 7.53. The highest BCUT2D eigenvalue weighted by atomic mass is 19.1. The van der Waals surface area contributed by atoms with Crippen LogP contribution in [0, 0.1) is 5.82 Å². The van der Waals surface area contributed by atoms with Crippen LogP contribution in [0.4, 0.5) is 10.1 Å². The van der Waals surface area contributed by atoms with Crippen molar-refractivity contribution >= 4 is 33.4 Å². The fourth-order valence-electron chi connectivity index (χ4n) is 3.89. The normalized spacial score (nSPS) is 11.1. The fourth-order valence-corrected chi connectivity index (χ4v) is 3.89. The predicted octanol–water partition coefficient (Wildman–Crippen LogP) is 5.43. The maximum Gasteiger partial charge on any atom is 0.246 e. The molecule has 5 rings (SSSR count). The van der Waals surface area contributed by atoms with Crippen molar-refractivity contribution in [3.63, 3.8) is 0 Å². The van der Waals surface area contributed by atoms with Gasteiger partial charge in [-0.2, -0.15) is 5.10 Å². The van der Waals surface area contributed by atoms with Crippen LogP contribution in [0.25, 0.3) is 33.1 Å². The highest BCUT2D eigenvalue weighted by Crippen LogP contribution is 2.32. The number of fused-ring (bicyclic) bond motifs is 3. The van der Waals surface area contributed by atoms with Gasteiger partial charge in [0.1, 0.15) is 23.8 Å². The van der Waals surface area contributed by atoms with E-state index in [2.05, 4.69) is 10.3 Å². The number of hydrogen-bond donors (Lipinski definition) is 1. The minimum absolute atomic E-state index is 0.0735. The Balaban J connectivity index is 1.59. The van der Waals surface area contributed by atoms with Crippen molar-refractivity contribution < 1.29 is 13.9 Å². The van der Waals surface area contributed by atoms with Crippen molar-refractivity contribution in [2.45, 2.75) is 13.5 Å². The number of para-hydroxylation sites is 2. The van der Waals surface area contributed by atoms with Gasteiger partial charge in [-0.15, -0.1) is 0 Å². The largest absolute Gasteiger partial charge is 0.494 e.